The van der Waals surface area contributed by atoms with Crippen molar-refractivity contribution in [3.05, 3.63) is 86.2 Å². The normalized spacial score (nSPS) is 10.6. The lowest BCUT2D eigenvalue weighted by atomic mass is 10.2. The summed E-state index contributed by atoms with van der Waals surface area (Å²) in [6.07, 6.45) is 0. The van der Waals surface area contributed by atoms with Gasteiger partial charge in [0.15, 0.2) is 11.5 Å². The van der Waals surface area contributed by atoms with Crippen LogP contribution in [-0.4, -0.2) is 6.61 Å². The minimum absolute atomic E-state index is 0.274. The highest BCUT2D eigenvalue weighted by Crippen LogP contribution is 2.35. The van der Waals surface area contributed by atoms with Gasteiger partial charge in [-0.25, -0.2) is 4.39 Å². The Balaban J connectivity index is 1.74. The number of anilines is 1. The summed E-state index contributed by atoms with van der Waals surface area (Å²) in [4.78, 5) is 0. The van der Waals surface area contributed by atoms with Gasteiger partial charge >= 0.3 is 0 Å². The summed E-state index contributed by atoms with van der Waals surface area (Å²) < 4.78 is 26.1. The van der Waals surface area contributed by atoms with E-state index in [0.717, 1.165) is 20.4 Å². The van der Waals surface area contributed by atoms with Gasteiger partial charge in [-0.15, -0.1) is 0 Å². The molecule has 3 aromatic carbocycles. The molecule has 0 fully saturated rings. The number of ether oxygens (including phenoxy) is 2. The summed E-state index contributed by atoms with van der Waals surface area (Å²) in [5.41, 5.74) is 2.83. The first-order valence-corrected chi connectivity index (χ1v) is 10.3. The molecule has 1 N–H and O–H groups in total. The molecule has 3 rings (SSSR count). The van der Waals surface area contributed by atoms with Crippen LogP contribution in [0.3, 0.4) is 0 Å². The van der Waals surface area contributed by atoms with Gasteiger partial charge in [0.2, 0.25) is 0 Å². The molecule has 0 saturated carbocycles. The summed E-state index contributed by atoms with van der Waals surface area (Å²) in [5.74, 6) is 1.07. The van der Waals surface area contributed by atoms with Crippen LogP contribution >= 0.6 is 34.2 Å². The van der Waals surface area contributed by atoms with Crippen LogP contribution in [0.5, 0.6) is 11.5 Å². The van der Waals surface area contributed by atoms with Crippen LogP contribution in [0.25, 0.3) is 0 Å². The largest absolute Gasteiger partial charge is 0.490 e. The Morgan fingerprint density at radius 1 is 1.00 bits per heavy atom. The van der Waals surface area contributed by atoms with E-state index in [1.807, 2.05) is 49.4 Å². The third-order valence-corrected chi connectivity index (χ3v) is 5.04. The van der Waals surface area contributed by atoms with Crippen molar-refractivity contribution in [2.24, 2.45) is 0 Å². The highest BCUT2D eigenvalue weighted by molar-refractivity contribution is 14.1. The maximum Gasteiger partial charge on any atom is 0.174 e. The van der Waals surface area contributed by atoms with Crippen molar-refractivity contribution in [1.29, 1.82) is 0 Å². The lowest BCUT2D eigenvalue weighted by Gasteiger charge is -2.16. The zero-order chi connectivity index (χ0) is 19.9. The van der Waals surface area contributed by atoms with E-state index in [4.69, 9.17) is 21.1 Å². The molecule has 0 aliphatic carbocycles. The summed E-state index contributed by atoms with van der Waals surface area (Å²) in [6.45, 7) is 3.38. The monoisotopic (exact) mass is 511 g/mol. The van der Waals surface area contributed by atoms with Crippen molar-refractivity contribution in [2.75, 3.05) is 11.9 Å². The van der Waals surface area contributed by atoms with Crippen LogP contribution in [0, 0.1) is 9.39 Å². The van der Waals surface area contributed by atoms with Crippen LogP contribution in [-0.2, 0) is 13.2 Å². The zero-order valence-electron chi connectivity index (χ0n) is 15.3. The number of halogens is 3. The molecule has 0 bridgehead atoms. The zero-order valence-corrected chi connectivity index (χ0v) is 18.3. The van der Waals surface area contributed by atoms with Gasteiger partial charge in [-0.2, -0.15) is 0 Å². The lowest BCUT2D eigenvalue weighted by molar-refractivity contribution is 0.267. The minimum atomic E-state index is -0.274. The fourth-order valence-electron chi connectivity index (χ4n) is 2.68. The van der Waals surface area contributed by atoms with Gasteiger partial charge in [0.1, 0.15) is 12.4 Å². The van der Waals surface area contributed by atoms with E-state index in [2.05, 4.69) is 27.9 Å². The quantitative estimate of drug-likeness (QED) is 0.343. The van der Waals surface area contributed by atoms with Crippen LogP contribution in [0.4, 0.5) is 10.1 Å². The number of rotatable bonds is 8. The summed E-state index contributed by atoms with van der Waals surface area (Å²) in [7, 11) is 0. The standard InChI is InChI=1S/C22H20ClFINO2/c1-2-27-21-12-16(13-26-19-8-6-17(23)7-9-19)11-20(25)22(21)28-14-15-4-3-5-18(24)10-15/h3-12,26H,2,13-14H2,1H3. The van der Waals surface area contributed by atoms with Crippen LogP contribution in [0.2, 0.25) is 5.02 Å². The molecule has 0 aliphatic rings. The molecule has 0 saturated heterocycles. The molecule has 0 radical (unpaired) electrons. The smallest absolute Gasteiger partial charge is 0.174 e. The predicted molar refractivity (Wildman–Crippen MR) is 120 cm³/mol. The Kier molecular flexibility index (Phi) is 7.39. The molecule has 0 aromatic heterocycles. The second-order valence-corrected chi connectivity index (χ2v) is 7.72. The fourth-order valence-corrected chi connectivity index (χ4v) is 3.63. The Morgan fingerprint density at radius 3 is 2.50 bits per heavy atom. The van der Waals surface area contributed by atoms with E-state index in [0.29, 0.717) is 29.7 Å². The maximum absolute atomic E-state index is 13.4. The number of hydrogen-bond acceptors (Lipinski definition) is 3. The fraction of sp³-hybridized carbons (Fsp3) is 0.182. The first-order valence-electron chi connectivity index (χ1n) is 8.87. The average Bonchev–Trinajstić information content (AvgIpc) is 2.67. The van der Waals surface area contributed by atoms with E-state index in [9.17, 15) is 4.39 Å². The van der Waals surface area contributed by atoms with Crippen molar-refractivity contribution in [2.45, 2.75) is 20.1 Å². The van der Waals surface area contributed by atoms with Crippen molar-refractivity contribution in [1.82, 2.24) is 0 Å². The maximum atomic E-state index is 13.4. The lowest BCUT2D eigenvalue weighted by Crippen LogP contribution is -2.05. The number of hydrogen-bond donors (Lipinski definition) is 1. The van der Waals surface area contributed by atoms with Crippen LogP contribution < -0.4 is 14.8 Å². The van der Waals surface area contributed by atoms with Gasteiger partial charge < -0.3 is 14.8 Å². The Labute approximate surface area is 183 Å². The predicted octanol–water partition coefficient (Wildman–Crippen LogP) is 6.67. The first-order chi connectivity index (χ1) is 13.5. The molecule has 6 heteroatoms. The van der Waals surface area contributed by atoms with Gasteiger partial charge in [-0.05, 0) is 89.2 Å². The number of nitrogens with one attached hydrogen (secondary N) is 1. The summed E-state index contributed by atoms with van der Waals surface area (Å²) in [6, 6.07) is 18.0. The van der Waals surface area contributed by atoms with E-state index >= 15 is 0 Å². The van der Waals surface area contributed by atoms with Gasteiger partial charge in [0.05, 0.1) is 10.2 Å². The van der Waals surface area contributed by atoms with Gasteiger partial charge in [-0.3, -0.25) is 0 Å². The molecule has 0 spiro atoms. The molecule has 0 amide bonds. The average molecular weight is 512 g/mol. The molecule has 28 heavy (non-hydrogen) atoms. The molecule has 0 atom stereocenters. The molecule has 3 aromatic rings. The minimum Gasteiger partial charge on any atom is -0.490 e. The highest BCUT2D eigenvalue weighted by atomic mass is 127. The molecule has 0 aliphatic heterocycles. The van der Waals surface area contributed by atoms with Crippen molar-refractivity contribution < 1.29 is 13.9 Å². The van der Waals surface area contributed by atoms with Gasteiger partial charge in [0, 0.05) is 17.3 Å². The van der Waals surface area contributed by atoms with Crippen molar-refractivity contribution in [3.63, 3.8) is 0 Å². The third kappa shape index (κ3) is 5.75. The van der Waals surface area contributed by atoms with E-state index < -0.39 is 0 Å². The Morgan fingerprint density at radius 2 is 1.79 bits per heavy atom. The van der Waals surface area contributed by atoms with Gasteiger partial charge in [0.25, 0.3) is 0 Å². The third-order valence-electron chi connectivity index (χ3n) is 3.98. The summed E-state index contributed by atoms with van der Waals surface area (Å²) in [5, 5.41) is 4.08. The Bertz CT molecular complexity index is 934. The first kappa shape index (κ1) is 20.7. The van der Waals surface area contributed by atoms with Crippen molar-refractivity contribution >= 4 is 39.9 Å². The molecular weight excluding hydrogens is 492 g/mol. The topological polar surface area (TPSA) is 30.5 Å². The second kappa shape index (κ2) is 9.98. The van der Waals surface area contributed by atoms with Gasteiger partial charge in [-0.1, -0.05) is 23.7 Å². The summed E-state index contributed by atoms with van der Waals surface area (Å²) >= 11 is 8.16. The second-order valence-electron chi connectivity index (χ2n) is 6.12. The molecule has 3 nitrogen and oxygen atoms in total. The molecule has 146 valence electrons. The number of benzene rings is 3. The SMILES string of the molecule is CCOc1cc(CNc2ccc(Cl)cc2)cc(I)c1OCc1cccc(F)c1. The van der Waals surface area contributed by atoms with Crippen LogP contribution in [0.15, 0.2) is 60.7 Å². The highest BCUT2D eigenvalue weighted by Gasteiger charge is 2.13. The molecular formula is C22H20ClFINO2. The van der Waals surface area contributed by atoms with Crippen LogP contribution in [0.1, 0.15) is 18.1 Å². The van der Waals surface area contributed by atoms with E-state index in [-0.39, 0.29) is 12.4 Å². The molecule has 0 unspecified atom stereocenters. The van der Waals surface area contributed by atoms with E-state index in [1.165, 1.54) is 12.1 Å². The molecule has 0 heterocycles. The van der Waals surface area contributed by atoms with E-state index in [1.54, 1.807) is 6.07 Å². The Hall–Kier alpha value is -1.99. The van der Waals surface area contributed by atoms with Crippen molar-refractivity contribution in [3.8, 4) is 11.5 Å².